The smallest absolute Gasteiger partial charge is 0.158 e. The molecule has 1 saturated heterocycles. The number of hydrogen-bond acceptors (Lipinski definition) is 4. The third kappa shape index (κ3) is 2.36. The molecule has 6 heteroatoms. The number of nitrogens with zero attached hydrogens (tertiary/aromatic N) is 3. The minimum atomic E-state index is -2.96. The van der Waals surface area contributed by atoms with Crippen molar-refractivity contribution in [2.45, 2.75) is 37.9 Å². The molecule has 0 N–H and O–H groups in total. The highest BCUT2D eigenvalue weighted by Crippen LogP contribution is 2.22. The fourth-order valence-electron chi connectivity index (χ4n) is 2.62. The highest BCUT2D eigenvalue weighted by atomic mass is 32.2. The molecule has 0 radical (unpaired) electrons. The Hall–Kier alpha value is -1.43. The molecule has 3 rings (SSSR count). The highest BCUT2D eigenvalue weighted by molar-refractivity contribution is 7.92. The van der Waals surface area contributed by atoms with Gasteiger partial charge in [-0.3, -0.25) is 0 Å². The van der Waals surface area contributed by atoms with Gasteiger partial charge in [0.25, 0.3) is 0 Å². The minimum Gasteiger partial charge on any atom is -0.229 e. The molecule has 1 fully saturated rings. The van der Waals surface area contributed by atoms with Gasteiger partial charge in [0.1, 0.15) is 0 Å². The summed E-state index contributed by atoms with van der Waals surface area (Å²) in [7, 11) is -2.96. The summed E-state index contributed by atoms with van der Waals surface area (Å²) in [6, 6.07) is 3.89. The topological polar surface area (TPSA) is 64.3 Å². The maximum absolute atomic E-state index is 12.0. The molecule has 19 heavy (non-hydrogen) atoms. The van der Waals surface area contributed by atoms with Gasteiger partial charge in [-0.05, 0) is 31.4 Å². The first-order valence-electron chi connectivity index (χ1n) is 6.59. The minimum absolute atomic E-state index is 0.307. The summed E-state index contributed by atoms with van der Waals surface area (Å²) >= 11 is 0. The van der Waals surface area contributed by atoms with E-state index in [1.807, 2.05) is 25.3 Å². The number of sulfone groups is 1. The van der Waals surface area contributed by atoms with Crippen molar-refractivity contribution in [2.75, 3.05) is 5.75 Å². The summed E-state index contributed by atoms with van der Waals surface area (Å²) in [6.45, 7) is 1.98. The molecule has 3 heterocycles. The van der Waals surface area contributed by atoms with Crippen LogP contribution in [0.4, 0.5) is 0 Å². The van der Waals surface area contributed by atoms with Crippen LogP contribution in [-0.2, 0) is 16.3 Å². The Balaban J connectivity index is 1.91. The van der Waals surface area contributed by atoms with E-state index in [1.165, 1.54) is 0 Å². The summed E-state index contributed by atoms with van der Waals surface area (Å²) in [5, 5.41) is 4.07. The van der Waals surface area contributed by atoms with E-state index in [4.69, 9.17) is 0 Å². The van der Waals surface area contributed by atoms with E-state index in [1.54, 1.807) is 4.52 Å². The van der Waals surface area contributed by atoms with E-state index in [9.17, 15) is 8.42 Å². The predicted octanol–water partition coefficient (Wildman–Crippen LogP) is 1.55. The Labute approximate surface area is 112 Å². The normalized spacial score (nSPS) is 22.7. The summed E-state index contributed by atoms with van der Waals surface area (Å²) in [5.74, 6) is 0.939. The van der Waals surface area contributed by atoms with Gasteiger partial charge in [0.15, 0.2) is 21.3 Å². The van der Waals surface area contributed by atoms with Crippen molar-refractivity contribution in [1.29, 1.82) is 0 Å². The lowest BCUT2D eigenvalue weighted by Gasteiger charge is -2.20. The zero-order chi connectivity index (χ0) is 13.5. The van der Waals surface area contributed by atoms with Gasteiger partial charge in [0, 0.05) is 12.6 Å². The van der Waals surface area contributed by atoms with Crippen molar-refractivity contribution in [3.8, 4) is 0 Å². The van der Waals surface area contributed by atoms with Crippen LogP contribution in [0.3, 0.4) is 0 Å². The van der Waals surface area contributed by atoms with E-state index in [-0.39, 0.29) is 5.25 Å². The van der Waals surface area contributed by atoms with E-state index < -0.39 is 9.84 Å². The fraction of sp³-hybridized carbons (Fsp3) is 0.538. The van der Waals surface area contributed by atoms with Gasteiger partial charge in [0.2, 0.25) is 0 Å². The van der Waals surface area contributed by atoms with Gasteiger partial charge < -0.3 is 0 Å². The Bertz CT molecular complexity index is 706. The molecule has 1 unspecified atom stereocenters. The van der Waals surface area contributed by atoms with Crippen LogP contribution in [-0.4, -0.2) is 34.0 Å². The average Bonchev–Trinajstić information content (AvgIpc) is 2.76. The van der Waals surface area contributed by atoms with Crippen LogP contribution in [0, 0.1) is 6.92 Å². The molecule has 0 aromatic carbocycles. The van der Waals surface area contributed by atoms with Gasteiger partial charge in [-0.25, -0.2) is 17.9 Å². The predicted molar refractivity (Wildman–Crippen MR) is 72.9 cm³/mol. The molecule has 102 valence electrons. The second-order valence-electron chi connectivity index (χ2n) is 5.18. The average molecular weight is 279 g/mol. The van der Waals surface area contributed by atoms with Crippen molar-refractivity contribution in [1.82, 2.24) is 14.6 Å². The Morgan fingerprint density at radius 2 is 2.26 bits per heavy atom. The summed E-state index contributed by atoms with van der Waals surface area (Å²) in [6.07, 6.45) is 4.78. The van der Waals surface area contributed by atoms with Gasteiger partial charge in [-0.15, -0.1) is 0 Å². The molecule has 0 bridgehead atoms. The molecule has 0 saturated carbocycles. The number of aromatic nitrogens is 3. The Morgan fingerprint density at radius 3 is 3.00 bits per heavy atom. The number of hydrogen-bond donors (Lipinski definition) is 0. The third-order valence-corrected chi connectivity index (χ3v) is 6.00. The van der Waals surface area contributed by atoms with Crippen LogP contribution >= 0.6 is 0 Å². The quantitative estimate of drug-likeness (QED) is 0.836. The first-order valence-corrected chi connectivity index (χ1v) is 8.30. The van der Waals surface area contributed by atoms with Gasteiger partial charge >= 0.3 is 0 Å². The molecule has 1 atom stereocenters. The van der Waals surface area contributed by atoms with Crippen LogP contribution in [0.1, 0.15) is 30.7 Å². The van der Waals surface area contributed by atoms with Crippen molar-refractivity contribution < 1.29 is 8.42 Å². The lowest BCUT2D eigenvalue weighted by Crippen LogP contribution is -2.30. The van der Waals surface area contributed by atoms with Crippen LogP contribution < -0.4 is 0 Å². The molecule has 0 amide bonds. The maximum atomic E-state index is 12.0. The second-order valence-corrected chi connectivity index (χ2v) is 7.58. The fourth-order valence-corrected chi connectivity index (χ4v) is 4.49. The van der Waals surface area contributed by atoms with Crippen LogP contribution in [0.25, 0.3) is 5.65 Å². The lowest BCUT2D eigenvalue weighted by molar-refractivity contribution is 0.534. The molecule has 1 aliphatic heterocycles. The summed E-state index contributed by atoms with van der Waals surface area (Å²) < 4.78 is 25.7. The molecular weight excluding hydrogens is 262 g/mol. The molecule has 0 aliphatic carbocycles. The van der Waals surface area contributed by atoms with Crippen molar-refractivity contribution in [3.63, 3.8) is 0 Å². The first-order chi connectivity index (χ1) is 9.06. The van der Waals surface area contributed by atoms with Crippen LogP contribution in [0.15, 0.2) is 18.3 Å². The SMILES string of the molecule is Cc1cccn2nc(CC3CCCCS3(=O)=O)nc12. The highest BCUT2D eigenvalue weighted by Gasteiger charge is 2.30. The van der Waals surface area contributed by atoms with Crippen LogP contribution in [0.5, 0.6) is 0 Å². The molecule has 0 spiro atoms. The van der Waals surface area contributed by atoms with E-state index >= 15 is 0 Å². The molecule has 2 aromatic heterocycles. The van der Waals surface area contributed by atoms with Crippen molar-refractivity contribution in [2.24, 2.45) is 0 Å². The summed E-state index contributed by atoms with van der Waals surface area (Å²) in [4.78, 5) is 4.46. The molecule has 5 nitrogen and oxygen atoms in total. The van der Waals surface area contributed by atoms with E-state index in [0.717, 1.165) is 30.5 Å². The Morgan fingerprint density at radius 1 is 1.42 bits per heavy atom. The standard InChI is InChI=1S/C13H17N3O2S/c1-10-5-4-7-16-13(10)14-12(15-16)9-11-6-2-3-8-19(11,17)18/h4-5,7,11H,2-3,6,8-9H2,1H3. The Kier molecular flexibility index (Phi) is 3.05. The third-order valence-electron chi connectivity index (χ3n) is 3.72. The number of rotatable bonds is 2. The van der Waals surface area contributed by atoms with Gasteiger partial charge in [0.05, 0.1) is 11.0 Å². The van der Waals surface area contributed by atoms with Crippen molar-refractivity contribution >= 4 is 15.5 Å². The maximum Gasteiger partial charge on any atom is 0.158 e. The second kappa shape index (κ2) is 4.59. The summed E-state index contributed by atoms with van der Waals surface area (Å²) in [5.41, 5.74) is 1.86. The first kappa shape index (κ1) is 12.6. The molecular formula is C13H17N3O2S. The lowest BCUT2D eigenvalue weighted by atomic mass is 10.1. The number of aryl methyl sites for hydroxylation is 1. The largest absolute Gasteiger partial charge is 0.229 e. The van der Waals surface area contributed by atoms with Gasteiger partial charge in [-0.1, -0.05) is 12.5 Å². The van der Waals surface area contributed by atoms with Gasteiger partial charge in [-0.2, -0.15) is 5.10 Å². The van der Waals surface area contributed by atoms with E-state index in [0.29, 0.717) is 18.0 Å². The zero-order valence-electron chi connectivity index (χ0n) is 10.9. The number of fused-ring (bicyclic) bond motifs is 1. The number of pyridine rings is 1. The van der Waals surface area contributed by atoms with Crippen molar-refractivity contribution in [3.05, 3.63) is 29.7 Å². The van der Waals surface area contributed by atoms with E-state index in [2.05, 4.69) is 10.1 Å². The molecule has 1 aliphatic rings. The zero-order valence-corrected chi connectivity index (χ0v) is 11.7. The van der Waals surface area contributed by atoms with Crippen LogP contribution in [0.2, 0.25) is 0 Å². The monoisotopic (exact) mass is 279 g/mol. The molecule has 2 aromatic rings.